The third kappa shape index (κ3) is 2.69. The second kappa shape index (κ2) is 5.17. The van der Waals surface area contributed by atoms with Gasteiger partial charge in [-0.05, 0) is 47.7 Å². The molecular formula is C16H15N3O. The van der Waals surface area contributed by atoms with E-state index in [0.717, 1.165) is 22.0 Å². The summed E-state index contributed by atoms with van der Waals surface area (Å²) in [6, 6.07) is 11.7. The number of nitrogens with zero attached hydrogens (tertiary/aromatic N) is 1. The van der Waals surface area contributed by atoms with E-state index in [4.69, 9.17) is 0 Å². The van der Waals surface area contributed by atoms with Gasteiger partial charge in [0.15, 0.2) is 0 Å². The largest absolute Gasteiger partial charge is 0.361 e. The fraction of sp³-hybridized carbons (Fsp3) is 0.125. The Hall–Kier alpha value is -2.62. The highest BCUT2D eigenvalue weighted by atomic mass is 16.1. The van der Waals surface area contributed by atoms with E-state index in [1.54, 1.807) is 6.20 Å². The van der Waals surface area contributed by atoms with E-state index in [2.05, 4.69) is 15.3 Å². The molecule has 0 saturated carbocycles. The molecule has 1 aromatic carbocycles. The molecule has 0 aliphatic rings. The second-order valence-corrected chi connectivity index (χ2v) is 4.84. The van der Waals surface area contributed by atoms with Gasteiger partial charge in [0.05, 0.1) is 6.42 Å². The zero-order chi connectivity index (χ0) is 13.9. The molecule has 2 aromatic heterocycles. The molecule has 2 heterocycles. The Morgan fingerprint density at radius 3 is 3.00 bits per heavy atom. The van der Waals surface area contributed by atoms with Gasteiger partial charge < -0.3 is 10.3 Å². The Kier molecular flexibility index (Phi) is 3.21. The fourth-order valence-corrected chi connectivity index (χ4v) is 2.18. The Balaban J connectivity index is 1.72. The number of hydrogen-bond acceptors (Lipinski definition) is 2. The Morgan fingerprint density at radius 1 is 1.25 bits per heavy atom. The number of carbonyl (C=O) groups excluding carboxylic acids is 1. The van der Waals surface area contributed by atoms with Crippen LogP contribution in [-0.2, 0) is 11.2 Å². The molecule has 0 saturated heterocycles. The number of nitrogens with one attached hydrogen (secondary N) is 2. The Morgan fingerprint density at radius 2 is 2.15 bits per heavy atom. The summed E-state index contributed by atoms with van der Waals surface area (Å²) in [5, 5.41) is 3.96. The summed E-state index contributed by atoms with van der Waals surface area (Å²) in [6.07, 6.45) is 3.92. The number of amides is 1. The number of aryl methyl sites for hydroxylation is 1. The third-order valence-electron chi connectivity index (χ3n) is 3.17. The number of benzene rings is 1. The van der Waals surface area contributed by atoms with Gasteiger partial charge in [-0.15, -0.1) is 0 Å². The van der Waals surface area contributed by atoms with E-state index >= 15 is 0 Å². The molecule has 0 spiro atoms. The molecule has 0 bridgehead atoms. The quantitative estimate of drug-likeness (QED) is 0.764. The van der Waals surface area contributed by atoms with Gasteiger partial charge in [0.2, 0.25) is 5.91 Å². The lowest BCUT2D eigenvalue weighted by Crippen LogP contribution is -2.15. The van der Waals surface area contributed by atoms with E-state index in [-0.39, 0.29) is 5.91 Å². The van der Waals surface area contributed by atoms with Crippen molar-refractivity contribution in [1.29, 1.82) is 0 Å². The Labute approximate surface area is 116 Å². The van der Waals surface area contributed by atoms with Crippen LogP contribution in [0.2, 0.25) is 0 Å². The van der Waals surface area contributed by atoms with E-state index in [0.29, 0.717) is 12.2 Å². The molecule has 4 nitrogen and oxygen atoms in total. The highest BCUT2D eigenvalue weighted by Crippen LogP contribution is 2.15. The van der Waals surface area contributed by atoms with Crippen LogP contribution in [-0.4, -0.2) is 15.9 Å². The number of aromatic amines is 1. The lowest BCUT2D eigenvalue weighted by molar-refractivity contribution is -0.115. The summed E-state index contributed by atoms with van der Waals surface area (Å²) < 4.78 is 0. The fourth-order valence-electron chi connectivity index (χ4n) is 2.18. The number of fused-ring (bicyclic) bond motifs is 1. The van der Waals surface area contributed by atoms with Crippen molar-refractivity contribution >= 4 is 22.6 Å². The number of pyridine rings is 1. The highest BCUT2D eigenvalue weighted by Gasteiger charge is 2.06. The maximum absolute atomic E-state index is 12.0. The minimum Gasteiger partial charge on any atom is -0.361 e. The van der Waals surface area contributed by atoms with Crippen molar-refractivity contribution in [2.24, 2.45) is 0 Å². The summed E-state index contributed by atoms with van der Waals surface area (Å²) in [4.78, 5) is 19.3. The van der Waals surface area contributed by atoms with Gasteiger partial charge in [0.25, 0.3) is 0 Å². The number of H-pyrrole nitrogens is 1. The average Bonchev–Trinajstić information content (AvgIpc) is 2.86. The van der Waals surface area contributed by atoms with Crippen LogP contribution >= 0.6 is 0 Å². The van der Waals surface area contributed by atoms with Crippen LogP contribution in [0.1, 0.15) is 11.1 Å². The summed E-state index contributed by atoms with van der Waals surface area (Å²) in [5.74, 6) is 0.532. The topological polar surface area (TPSA) is 57.8 Å². The van der Waals surface area contributed by atoms with Crippen molar-refractivity contribution in [1.82, 2.24) is 9.97 Å². The molecular weight excluding hydrogens is 250 g/mol. The van der Waals surface area contributed by atoms with Gasteiger partial charge in [-0.25, -0.2) is 4.98 Å². The minimum absolute atomic E-state index is 0.0611. The number of aromatic nitrogens is 2. The molecule has 20 heavy (non-hydrogen) atoms. The molecule has 3 rings (SSSR count). The third-order valence-corrected chi connectivity index (χ3v) is 3.17. The number of anilines is 1. The molecule has 1 amide bonds. The summed E-state index contributed by atoms with van der Waals surface area (Å²) in [5.41, 5.74) is 3.09. The standard InChI is InChI=1S/C16H15N3O/c1-11-4-6-18-15(8-11)19-16(20)10-12-2-3-13-5-7-17-14(13)9-12/h2-9,17H,10H2,1H3,(H,18,19,20). The molecule has 0 aliphatic carbocycles. The first kappa shape index (κ1) is 12.4. The zero-order valence-corrected chi connectivity index (χ0v) is 11.2. The smallest absolute Gasteiger partial charge is 0.229 e. The average molecular weight is 265 g/mol. The van der Waals surface area contributed by atoms with Gasteiger partial charge in [0, 0.05) is 17.9 Å². The number of hydrogen-bond donors (Lipinski definition) is 2. The SMILES string of the molecule is Cc1ccnc(NC(=O)Cc2ccc3cc[nH]c3c2)c1. The minimum atomic E-state index is -0.0611. The maximum Gasteiger partial charge on any atom is 0.229 e. The number of rotatable bonds is 3. The summed E-state index contributed by atoms with van der Waals surface area (Å²) in [6.45, 7) is 1.97. The molecule has 3 aromatic rings. The van der Waals surface area contributed by atoms with Crippen LogP contribution in [0.5, 0.6) is 0 Å². The molecule has 0 fully saturated rings. The van der Waals surface area contributed by atoms with Gasteiger partial charge in [-0.3, -0.25) is 4.79 Å². The van der Waals surface area contributed by atoms with Gasteiger partial charge in [-0.2, -0.15) is 0 Å². The van der Waals surface area contributed by atoms with E-state index in [1.165, 1.54) is 0 Å². The molecule has 0 aliphatic heterocycles. The molecule has 100 valence electrons. The molecule has 2 N–H and O–H groups in total. The maximum atomic E-state index is 12.0. The van der Waals surface area contributed by atoms with Gasteiger partial charge in [0.1, 0.15) is 5.82 Å². The second-order valence-electron chi connectivity index (χ2n) is 4.84. The predicted octanol–water partition coefficient (Wildman–Crippen LogP) is 3.05. The van der Waals surface area contributed by atoms with Crippen LogP contribution in [0, 0.1) is 6.92 Å². The van der Waals surface area contributed by atoms with Crippen molar-refractivity contribution in [2.45, 2.75) is 13.3 Å². The van der Waals surface area contributed by atoms with Crippen molar-refractivity contribution < 1.29 is 4.79 Å². The van der Waals surface area contributed by atoms with E-state index in [9.17, 15) is 4.79 Å². The normalized spacial score (nSPS) is 10.7. The zero-order valence-electron chi connectivity index (χ0n) is 11.2. The van der Waals surface area contributed by atoms with Crippen molar-refractivity contribution in [3.63, 3.8) is 0 Å². The molecule has 0 atom stereocenters. The Bertz CT molecular complexity index is 761. The first-order chi connectivity index (χ1) is 9.70. The van der Waals surface area contributed by atoms with Crippen molar-refractivity contribution in [2.75, 3.05) is 5.32 Å². The number of carbonyl (C=O) groups is 1. The van der Waals surface area contributed by atoms with E-state index < -0.39 is 0 Å². The predicted molar refractivity (Wildman–Crippen MR) is 79.6 cm³/mol. The molecule has 0 radical (unpaired) electrons. The van der Waals surface area contributed by atoms with Crippen molar-refractivity contribution in [3.05, 3.63) is 59.9 Å². The summed E-state index contributed by atoms with van der Waals surface area (Å²) in [7, 11) is 0. The first-order valence-electron chi connectivity index (χ1n) is 6.49. The highest BCUT2D eigenvalue weighted by molar-refractivity contribution is 5.92. The van der Waals surface area contributed by atoms with Crippen LogP contribution in [0.3, 0.4) is 0 Å². The van der Waals surface area contributed by atoms with Crippen LogP contribution in [0.25, 0.3) is 10.9 Å². The van der Waals surface area contributed by atoms with E-state index in [1.807, 2.05) is 49.5 Å². The molecule has 0 unspecified atom stereocenters. The summed E-state index contributed by atoms with van der Waals surface area (Å²) >= 11 is 0. The van der Waals surface area contributed by atoms with Crippen LogP contribution < -0.4 is 5.32 Å². The van der Waals surface area contributed by atoms with Crippen LogP contribution in [0.4, 0.5) is 5.82 Å². The monoisotopic (exact) mass is 265 g/mol. The van der Waals surface area contributed by atoms with Crippen LogP contribution in [0.15, 0.2) is 48.8 Å². The van der Waals surface area contributed by atoms with Gasteiger partial charge >= 0.3 is 0 Å². The van der Waals surface area contributed by atoms with Crippen molar-refractivity contribution in [3.8, 4) is 0 Å². The lowest BCUT2D eigenvalue weighted by atomic mass is 10.1. The molecule has 4 heteroatoms. The lowest BCUT2D eigenvalue weighted by Gasteiger charge is -2.05. The van der Waals surface area contributed by atoms with Gasteiger partial charge in [-0.1, -0.05) is 12.1 Å². The first-order valence-corrected chi connectivity index (χ1v) is 6.49.